The predicted molar refractivity (Wildman–Crippen MR) is 82.8 cm³/mol. The van der Waals surface area contributed by atoms with Gasteiger partial charge in [0.2, 0.25) is 0 Å². The van der Waals surface area contributed by atoms with E-state index in [1.165, 1.54) is 5.56 Å². The second kappa shape index (κ2) is 4.77. The zero-order valence-electron chi connectivity index (χ0n) is 12.2. The molecule has 0 unspecified atom stereocenters. The number of carbonyl (C=O) groups is 1. The normalized spacial score (nSPS) is 11.0. The summed E-state index contributed by atoms with van der Waals surface area (Å²) in [6.45, 7) is 5.81. The van der Waals surface area contributed by atoms with Crippen molar-refractivity contribution in [2.24, 2.45) is 0 Å². The van der Waals surface area contributed by atoms with Crippen molar-refractivity contribution in [1.29, 1.82) is 0 Å². The number of aryl methyl sites for hydroxylation is 3. The monoisotopic (exact) mass is 280 g/mol. The number of fused-ring (bicyclic) bond motifs is 1. The Bertz CT molecular complexity index is 856. The van der Waals surface area contributed by atoms with Crippen LogP contribution < -0.4 is 0 Å². The zero-order valence-corrected chi connectivity index (χ0v) is 12.2. The topological polar surface area (TPSA) is 50.4 Å². The van der Waals surface area contributed by atoms with E-state index in [-0.39, 0.29) is 0 Å². The van der Waals surface area contributed by atoms with Crippen LogP contribution in [0.15, 0.2) is 40.8 Å². The first kappa shape index (κ1) is 13.4. The summed E-state index contributed by atoms with van der Waals surface area (Å²) in [6, 6.07) is 11.5. The summed E-state index contributed by atoms with van der Waals surface area (Å²) in [5.41, 5.74) is 4.89. The van der Waals surface area contributed by atoms with Crippen molar-refractivity contribution in [3.63, 3.8) is 0 Å². The van der Waals surface area contributed by atoms with Crippen LogP contribution in [0, 0.1) is 20.8 Å². The second-order valence-electron chi connectivity index (χ2n) is 5.44. The van der Waals surface area contributed by atoms with E-state index in [9.17, 15) is 9.90 Å². The van der Waals surface area contributed by atoms with Crippen LogP contribution in [-0.4, -0.2) is 11.1 Å². The molecule has 0 aliphatic heterocycles. The lowest BCUT2D eigenvalue weighted by Crippen LogP contribution is -2.01. The van der Waals surface area contributed by atoms with Gasteiger partial charge in [0.05, 0.1) is 5.56 Å². The van der Waals surface area contributed by atoms with Crippen LogP contribution in [-0.2, 0) is 0 Å². The highest BCUT2D eigenvalue weighted by Crippen LogP contribution is 2.32. The Balaban J connectivity index is 2.22. The minimum Gasteiger partial charge on any atom is -0.478 e. The van der Waals surface area contributed by atoms with Crippen molar-refractivity contribution in [3.8, 4) is 11.3 Å². The van der Waals surface area contributed by atoms with Gasteiger partial charge >= 0.3 is 5.97 Å². The van der Waals surface area contributed by atoms with Gasteiger partial charge in [-0.1, -0.05) is 17.7 Å². The van der Waals surface area contributed by atoms with Gasteiger partial charge in [0.1, 0.15) is 11.3 Å². The van der Waals surface area contributed by atoms with Crippen molar-refractivity contribution in [2.45, 2.75) is 20.8 Å². The van der Waals surface area contributed by atoms with Gasteiger partial charge in [0, 0.05) is 10.9 Å². The fourth-order valence-corrected chi connectivity index (χ4v) is 2.64. The van der Waals surface area contributed by atoms with Gasteiger partial charge in [-0.05, 0) is 56.2 Å². The fraction of sp³-hybridized carbons (Fsp3) is 0.167. The van der Waals surface area contributed by atoms with Gasteiger partial charge in [-0.25, -0.2) is 4.79 Å². The Hall–Kier alpha value is -2.55. The number of carboxylic acid groups (broad SMARTS) is 1. The van der Waals surface area contributed by atoms with E-state index in [2.05, 4.69) is 6.07 Å². The minimum atomic E-state index is -0.916. The summed E-state index contributed by atoms with van der Waals surface area (Å²) in [4.78, 5) is 11.3. The first-order valence-electron chi connectivity index (χ1n) is 6.81. The van der Waals surface area contributed by atoms with Crippen LogP contribution in [0.2, 0.25) is 0 Å². The summed E-state index contributed by atoms with van der Waals surface area (Å²) in [5, 5.41) is 10.3. The molecule has 0 aliphatic carbocycles. The standard InChI is InChI=1S/C18H16O3/c1-10-4-5-16-13(6-10)8-17(21-16)14-9-15(18(19)20)12(3)7-11(14)2/h4-9H,1-3H3,(H,19,20). The van der Waals surface area contributed by atoms with Gasteiger partial charge in [0.15, 0.2) is 0 Å². The molecule has 1 N–H and O–H groups in total. The lowest BCUT2D eigenvalue weighted by Gasteiger charge is -2.07. The molecule has 0 radical (unpaired) electrons. The molecule has 0 spiro atoms. The summed E-state index contributed by atoms with van der Waals surface area (Å²) in [5.74, 6) is -0.212. The SMILES string of the molecule is Cc1ccc2oc(-c3cc(C(=O)O)c(C)cc3C)cc2c1. The third-order valence-electron chi connectivity index (χ3n) is 3.74. The van der Waals surface area contributed by atoms with Crippen LogP contribution in [0.25, 0.3) is 22.3 Å². The quantitative estimate of drug-likeness (QED) is 0.738. The molecular weight excluding hydrogens is 264 g/mol. The molecule has 0 saturated carbocycles. The Morgan fingerprint density at radius 1 is 1.00 bits per heavy atom. The predicted octanol–water partition coefficient (Wildman–Crippen LogP) is 4.72. The molecule has 1 heterocycles. The zero-order chi connectivity index (χ0) is 15.1. The van der Waals surface area contributed by atoms with E-state index in [4.69, 9.17) is 4.42 Å². The maximum absolute atomic E-state index is 11.3. The lowest BCUT2D eigenvalue weighted by atomic mass is 9.98. The van der Waals surface area contributed by atoms with E-state index < -0.39 is 5.97 Å². The highest BCUT2D eigenvalue weighted by Gasteiger charge is 2.14. The highest BCUT2D eigenvalue weighted by molar-refractivity contribution is 5.92. The van der Waals surface area contributed by atoms with E-state index in [1.807, 2.05) is 45.0 Å². The number of hydrogen-bond donors (Lipinski definition) is 1. The fourth-order valence-electron chi connectivity index (χ4n) is 2.64. The van der Waals surface area contributed by atoms with Crippen LogP contribution in [0.3, 0.4) is 0 Å². The number of benzene rings is 2. The Morgan fingerprint density at radius 2 is 1.76 bits per heavy atom. The number of furan rings is 1. The van der Waals surface area contributed by atoms with E-state index >= 15 is 0 Å². The molecule has 3 heteroatoms. The summed E-state index contributed by atoms with van der Waals surface area (Å²) < 4.78 is 5.87. The molecule has 3 rings (SSSR count). The van der Waals surface area contributed by atoms with Gasteiger partial charge in [-0.2, -0.15) is 0 Å². The van der Waals surface area contributed by atoms with Crippen molar-refractivity contribution in [3.05, 3.63) is 58.7 Å². The largest absolute Gasteiger partial charge is 0.478 e. The molecule has 3 aromatic rings. The molecule has 21 heavy (non-hydrogen) atoms. The van der Waals surface area contributed by atoms with Gasteiger partial charge in [0.25, 0.3) is 0 Å². The maximum Gasteiger partial charge on any atom is 0.335 e. The molecule has 2 aromatic carbocycles. The number of rotatable bonds is 2. The van der Waals surface area contributed by atoms with Crippen LogP contribution in [0.5, 0.6) is 0 Å². The van der Waals surface area contributed by atoms with E-state index in [1.54, 1.807) is 6.07 Å². The molecule has 1 aromatic heterocycles. The number of carboxylic acids is 1. The molecule has 0 aliphatic rings. The minimum absolute atomic E-state index is 0.312. The van der Waals surface area contributed by atoms with Gasteiger partial charge < -0.3 is 9.52 Å². The van der Waals surface area contributed by atoms with Gasteiger partial charge in [-0.3, -0.25) is 0 Å². The van der Waals surface area contributed by atoms with Crippen molar-refractivity contribution < 1.29 is 14.3 Å². The molecule has 0 saturated heterocycles. The molecule has 106 valence electrons. The summed E-state index contributed by atoms with van der Waals surface area (Å²) in [7, 11) is 0. The molecule has 0 fully saturated rings. The van der Waals surface area contributed by atoms with Crippen LogP contribution in [0.4, 0.5) is 0 Å². The Labute approximate surface area is 122 Å². The third kappa shape index (κ3) is 2.31. The molecule has 0 atom stereocenters. The Kier molecular flexibility index (Phi) is 3.05. The van der Waals surface area contributed by atoms with E-state index in [0.717, 1.165) is 27.7 Å². The summed E-state index contributed by atoms with van der Waals surface area (Å²) >= 11 is 0. The molecule has 0 bridgehead atoms. The smallest absolute Gasteiger partial charge is 0.335 e. The van der Waals surface area contributed by atoms with Crippen LogP contribution >= 0.6 is 0 Å². The van der Waals surface area contributed by atoms with Crippen molar-refractivity contribution in [1.82, 2.24) is 0 Å². The second-order valence-corrected chi connectivity index (χ2v) is 5.44. The van der Waals surface area contributed by atoms with Crippen LogP contribution in [0.1, 0.15) is 27.0 Å². The van der Waals surface area contributed by atoms with Crippen molar-refractivity contribution >= 4 is 16.9 Å². The lowest BCUT2D eigenvalue weighted by molar-refractivity contribution is 0.0696. The van der Waals surface area contributed by atoms with E-state index in [0.29, 0.717) is 11.3 Å². The molecule has 3 nitrogen and oxygen atoms in total. The number of hydrogen-bond acceptors (Lipinski definition) is 2. The highest BCUT2D eigenvalue weighted by atomic mass is 16.4. The maximum atomic E-state index is 11.3. The molecular formula is C18H16O3. The average Bonchev–Trinajstić information content (AvgIpc) is 2.80. The van der Waals surface area contributed by atoms with Gasteiger partial charge in [-0.15, -0.1) is 0 Å². The third-order valence-corrected chi connectivity index (χ3v) is 3.74. The first-order chi connectivity index (χ1) is 9.95. The first-order valence-corrected chi connectivity index (χ1v) is 6.81. The summed E-state index contributed by atoms with van der Waals surface area (Å²) in [6.07, 6.45) is 0. The molecule has 0 amide bonds. The Morgan fingerprint density at radius 3 is 2.48 bits per heavy atom. The van der Waals surface area contributed by atoms with Crippen molar-refractivity contribution in [2.75, 3.05) is 0 Å². The number of aromatic carboxylic acids is 1. The average molecular weight is 280 g/mol.